The summed E-state index contributed by atoms with van der Waals surface area (Å²) < 4.78 is 6.73. The highest BCUT2D eigenvalue weighted by molar-refractivity contribution is 6.71. The first-order chi connectivity index (χ1) is 17.7. The molecule has 0 unspecified atom stereocenters. The van der Waals surface area contributed by atoms with Gasteiger partial charge in [0.2, 0.25) is 5.91 Å². The summed E-state index contributed by atoms with van der Waals surface area (Å²) in [6.07, 6.45) is 4.45. The minimum Gasteiger partial charge on any atom is -0.432 e. The van der Waals surface area contributed by atoms with Crippen LogP contribution in [0.3, 0.4) is 0 Å². The Morgan fingerprint density at radius 1 is 1.03 bits per heavy atom. The summed E-state index contributed by atoms with van der Waals surface area (Å²) in [7, 11) is -2.77. The van der Waals surface area contributed by atoms with Crippen LogP contribution < -0.4 is 9.80 Å². The second-order valence-electron chi connectivity index (χ2n) is 11.3. The molecule has 2 fully saturated rings. The van der Waals surface area contributed by atoms with E-state index in [4.69, 9.17) is 4.74 Å². The van der Waals surface area contributed by atoms with Crippen LogP contribution in [-0.2, 0) is 19.9 Å². The van der Waals surface area contributed by atoms with Gasteiger partial charge in [0, 0.05) is 48.0 Å². The maximum absolute atomic E-state index is 14.5. The molecular formula is C29H38N2O5Si. The minimum absolute atomic E-state index is 0.0831. The number of aliphatic hydroxyl groups is 1. The second kappa shape index (κ2) is 9.98. The van der Waals surface area contributed by atoms with Crippen LogP contribution in [0.1, 0.15) is 51.0 Å². The SMILES string of the molecule is C[C@H]1[C@H]([Si](C)(C)O)[C@@H](CCO)O[C@]12C(=O)N(c1ccccc1)c1ccc(N3CCCCCCC3=O)cc12. The van der Waals surface area contributed by atoms with Gasteiger partial charge in [-0.3, -0.25) is 14.5 Å². The van der Waals surface area contributed by atoms with Gasteiger partial charge in [-0.05, 0) is 62.7 Å². The van der Waals surface area contributed by atoms with Crippen LogP contribution in [0.5, 0.6) is 0 Å². The Bertz CT molecular complexity index is 1170. The number of carbonyl (C=O) groups excluding carboxylic acids is 2. The van der Waals surface area contributed by atoms with Crippen molar-refractivity contribution in [2.75, 3.05) is 23.0 Å². The van der Waals surface area contributed by atoms with Crippen molar-refractivity contribution in [3.63, 3.8) is 0 Å². The Balaban J connectivity index is 1.67. The van der Waals surface area contributed by atoms with Crippen molar-refractivity contribution < 1.29 is 24.2 Å². The predicted octanol–water partition coefficient (Wildman–Crippen LogP) is 4.84. The Hall–Kier alpha value is -2.52. The van der Waals surface area contributed by atoms with Gasteiger partial charge >= 0.3 is 0 Å². The molecule has 1 spiro atoms. The number of rotatable bonds is 5. The highest BCUT2D eigenvalue weighted by Gasteiger charge is 2.66. The van der Waals surface area contributed by atoms with Crippen molar-refractivity contribution in [2.24, 2.45) is 5.92 Å². The van der Waals surface area contributed by atoms with Crippen molar-refractivity contribution in [3.05, 3.63) is 54.1 Å². The zero-order valence-corrected chi connectivity index (χ0v) is 23.0. The lowest BCUT2D eigenvalue weighted by molar-refractivity contribution is -0.145. The molecule has 3 aliphatic rings. The van der Waals surface area contributed by atoms with E-state index in [9.17, 15) is 19.5 Å². The van der Waals surface area contributed by atoms with Gasteiger partial charge in [0.15, 0.2) is 13.9 Å². The number of para-hydroxylation sites is 1. The average Bonchev–Trinajstić information content (AvgIpc) is 3.28. The first-order valence-corrected chi connectivity index (χ1v) is 16.6. The molecule has 198 valence electrons. The third-order valence-electron chi connectivity index (χ3n) is 8.44. The van der Waals surface area contributed by atoms with Crippen LogP contribution in [0.25, 0.3) is 0 Å². The molecule has 8 heteroatoms. The Labute approximate surface area is 220 Å². The molecule has 5 rings (SSSR count). The third kappa shape index (κ3) is 4.33. The lowest BCUT2D eigenvalue weighted by Crippen LogP contribution is -2.45. The molecule has 0 bridgehead atoms. The zero-order chi connectivity index (χ0) is 26.4. The van der Waals surface area contributed by atoms with E-state index in [0.717, 1.165) is 48.3 Å². The molecule has 2 aromatic carbocycles. The smallest absolute Gasteiger partial charge is 0.268 e. The number of anilines is 3. The van der Waals surface area contributed by atoms with E-state index in [1.807, 2.05) is 73.4 Å². The lowest BCUT2D eigenvalue weighted by Gasteiger charge is -2.32. The topological polar surface area (TPSA) is 90.3 Å². The summed E-state index contributed by atoms with van der Waals surface area (Å²) in [6.45, 7) is 6.33. The summed E-state index contributed by atoms with van der Waals surface area (Å²) in [5.41, 5.74) is 1.48. The van der Waals surface area contributed by atoms with Crippen molar-refractivity contribution >= 4 is 37.2 Å². The number of carbonyl (C=O) groups is 2. The molecule has 37 heavy (non-hydrogen) atoms. The third-order valence-corrected chi connectivity index (χ3v) is 10.9. The van der Waals surface area contributed by atoms with E-state index in [2.05, 4.69) is 0 Å². The van der Waals surface area contributed by atoms with Gasteiger partial charge in [-0.2, -0.15) is 0 Å². The molecule has 0 radical (unpaired) electrons. The number of hydrogen-bond donors (Lipinski definition) is 2. The molecule has 2 N–H and O–H groups in total. The summed E-state index contributed by atoms with van der Waals surface area (Å²) in [6, 6.07) is 15.4. The normalized spacial score (nSPS) is 28.5. The van der Waals surface area contributed by atoms with Crippen LogP contribution in [-0.4, -0.2) is 49.3 Å². The van der Waals surface area contributed by atoms with Gasteiger partial charge in [0.1, 0.15) is 0 Å². The first-order valence-electron chi connectivity index (χ1n) is 13.6. The van der Waals surface area contributed by atoms with Gasteiger partial charge in [-0.15, -0.1) is 0 Å². The summed E-state index contributed by atoms with van der Waals surface area (Å²) in [5.74, 6) is -0.381. The number of hydrogen-bond acceptors (Lipinski definition) is 5. The molecule has 4 atom stereocenters. The molecule has 0 saturated carbocycles. The molecule has 2 aromatic rings. The van der Waals surface area contributed by atoms with Gasteiger partial charge in [0.05, 0.1) is 11.8 Å². The van der Waals surface area contributed by atoms with E-state index in [-0.39, 0.29) is 29.9 Å². The molecule has 2 amide bonds. The number of nitrogens with zero attached hydrogens (tertiary/aromatic N) is 2. The predicted molar refractivity (Wildman–Crippen MR) is 146 cm³/mol. The first kappa shape index (κ1) is 26.1. The number of fused-ring (bicyclic) bond motifs is 2. The standard InChI is InChI=1S/C29H38N2O5Si/c1-20-27(37(2,3)35)25(16-18-32)36-29(20)23-19-22(30-17-10-5-4-9-13-26(30)33)14-15-24(23)31(28(29)34)21-11-7-6-8-12-21/h6-8,11-12,14-15,19-20,25,27,32,35H,4-5,9-10,13,16-18H2,1-3H3/t20-,25+,27-,29+/m0/s1. The monoisotopic (exact) mass is 522 g/mol. The summed E-state index contributed by atoms with van der Waals surface area (Å²) >= 11 is 0. The number of amides is 2. The lowest BCUT2D eigenvalue weighted by atomic mass is 9.82. The quantitative estimate of drug-likeness (QED) is 0.549. The highest BCUT2D eigenvalue weighted by atomic mass is 28.4. The molecule has 3 aliphatic heterocycles. The van der Waals surface area contributed by atoms with E-state index < -0.39 is 20.0 Å². The fourth-order valence-corrected chi connectivity index (χ4v) is 9.42. The van der Waals surface area contributed by atoms with Gasteiger partial charge < -0.3 is 19.5 Å². The molecule has 0 aromatic heterocycles. The zero-order valence-electron chi connectivity index (χ0n) is 22.0. The molecular weight excluding hydrogens is 484 g/mol. The van der Waals surface area contributed by atoms with Crippen molar-refractivity contribution in [3.8, 4) is 0 Å². The second-order valence-corrected chi connectivity index (χ2v) is 15.2. The van der Waals surface area contributed by atoms with Crippen LogP contribution >= 0.6 is 0 Å². The van der Waals surface area contributed by atoms with Crippen LogP contribution in [0.2, 0.25) is 18.6 Å². The fraction of sp³-hybridized carbons (Fsp3) is 0.517. The summed E-state index contributed by atoms with van der Waals surface area (Å²) in [4.78, 5) is 42.4. The number of benzene rings is 2. The van der Waals surface area contributed by atoms with Crippen molar-refractivity contribution in [1.82, 2.24) is 0 Å². The van der Waals surface area contributed by atoms with Gasteiger partial charge in [0.25, 0.3) is 5.91 Å². The minimum atomic E-state index is -2.77. The maximum Gasteiger partial charge on any atom is 0.268 e. The molecule has 3 heterocycles. The van der Waals surface area contributed by atoms with Crippen molar-refractivity contribution in [2.45, 2.75) is 75.8 Å². The number of ether oxygens (including phenoxy) is 1. The number of aliphatic hydroxyl groups excluding tert-OH is 1. The molecule has 2 saturated heterocycles. The molecule has 0 aliphatic carbocycles. The van der Waals surface area contributed by atoms with Crippen LogP contribution in [0.4, 0.5) is 17.1 Å². The van der Waals surface area contributed by atoms with E-state index in [0.29, 0.717) is 19.4 Å². The van der Waals surface area contributed by atoms with E-state index in [1.165, 1.54) is 0 Å². The van der Waals surface area contributed by atoms with Gasteiger partial charge in [-0.1, -0.05) is 38.0 Å². The van der Waals surface area contributed by atoms with Crippen LogP contribution in [0.15, 0.2) is 48.5 Å². The Morgan fingerprint density at radius 2 is 1.76 bits per heavy atom. The van der Waals surface area contributed by atoms with E-state index >= 15 is 0 Å². The Morgan fingerprint density at radius 3 is 2.46 bits per heavy atom. The molecule has 7 nitrogen and oxygen atoms in total. The average molecular weight is 523 g/mol. The highest BCUT2D eigenvalue weighted by Crippen LogP contribution is 2.61. The Kier molecular flexibility index (Phi) is 7.04. The van der Waals surface area contributed by atoms with Crippen molar-refractivity contribution in [1.29, 1.82) is 0 Å². The fourth-order valence-electron chi connectivity index (χ4n) is 6.82. The largest absolute Gasteiger partial charge is 0.432 e. The van der Waals surface area contributed by atoms with E-state index in [1.54, 1.807) is 4.90 Å². The van der Waals surface area contributed by atoms with Crippen LogP contribution in [0, 0.1) is 5.92 Å². The summed E-state index contributed by atoms with van der Waals surface area (Å²) in [5, 5.41) is 9.83. The maximum atomic E-state index is 14.5. The van der Waals surface area contributed by atoms with Gasteiger partial charge in [-0.25, -0.2) is 0 Å².